The quantitative estimate of drug-likeness (QED) is 0.161. The van der Waals surface area contributed by atoms with Crippen LogP contribution in [0.5, 0.6) is 5.75 Å². The van der Waals surface area contributed by atoms with E-state index < -0.39 is 24.1 Å². The van der Waals surface area contributed by atoms with E-state index in [0.29, 0.717) is 49.3 Å². The lowest BCUT2D eigenvalue weighted by molar-refractivity contribution is -0.139. The number of unbranched alkanes of at least 4 members (excludes halogenated alkanes) is 2. The van der Waals surface area contributed by atoms with Gasteiger partial charge in [0.2, 0.25) is 0 Å². The van der Waals surface area contributed by atoms with E-state index >= 15 is 0 Å². The Hall–Kier alpha value is -3.33. The van der Waals surface area contributed by atoms with Crippen LogP contribution in [0.15, 0.2) is 48.6 Å². The van der Waals surface area contributed by atoms with Crippen LogP contribution in [-0.2, 0) is 30.2 Å². The molecule has 1 aromatic carbocycles. The summed E-state index contributed by atoms with van der Waals surface area (Å²) in [4.78, 5) is 34.2. The summed E-state index contributed by atoms with van der Waals surface area (Å²) in [5, 5.41) is 12.5. The fourth-order valence-corrected chi connectivity index (χ4v) is 2.48. The smallest absolute Gasteiger partial charge is 0.407 e. The number of carbonyl (C=O) groups is 3. The third-order valence-electron chi connectivity index (χ3n) is 4.42. The summed E-state index contributed by atoms with van der Waals surface area (Å²) in [5.74, 6) is -0.260. The third kappa shape index (κ3) is 13.3. The van der Waals surface area contributed by atoms with E-state index in [1.54, 1.807) is 26.0 Å². The van der Waals surface area contributed by atoms with E-state index in [1.165, 1.54) is 0 Å². The minimum absolute atomic E-state index is 0.0360. The monoisotopic (exact) mass is 477 g/mol. The number of benzene rings is 1. The van der Waals surface area contributed by atoms with Gasteiger partial charge in [-0.05, 0) is 50.8 Å². The molecule has 1 aromatic rings. The number of alkyl carbamates (subject to hydrolysis) is 1. The second kappa shape index (κ2) is 16.3. The number of nitrogens with one attached hydrogen (secondary N) is 1. The number of carbonyl (C=O) groups excluding carboxylic acids is 3. The van der Waals surface area contributed by atoms with Crippen molar-refractivity contribution < 1.29 is 38.4 Å². The lowest BCUT2D eigenvalue weighted by Gasteiger charge is -2.13. The van der Waals surface area contributed by atoms with Crippen LogP contribution < -0.4 is 10.1 Å². The van der Waals surface area contributed by atoms with Crippen LogP contribution in [0.3, 0.4) is 0 Å². The lowest BCUT2D eigenvalue weighted by Crippen LogP contribution is -2.31. The molecule has 188 valence electrons. The number of aliphatic hydroxyl groups is 1. The van der Waals surface area contributed by atoms with Crippen molar-refractivity contribution in [1.82, 2.24) is 5.32 Å². The zero-order chi connectivity index (χ0) is 25.3. The van der Waals surface area contributed by atoms with E-state index in [4.69, 9.17) is 18.9 Å². The molecule has 0 radical (unpaired) electrons. The first-order valence-electron chi connectivity index (χ1n) is 11.1. The first-order valence-corrected chi connectivity index (χ1v) is 11.1. The van der Waals surface area contributed by atoms with Gasteiger partial charge in [0.15, 0.2) is 0 Å². The highest BCUT2D eigenvalue weighted by molar-refractivity contribution is 5.87. The topological polar surface area (TPSA) is 120 Å². The number of esters is 2. The molecule has 1 rings (SSSR count). The molecule has 0 aromatic heterocycles. The average Bonchev–Trinajstić information content (AvgIpc) is 2.81. The third-order valence-corrected chi connectivity index (χ3v) is 4.42. The summed E-state index contributed by atoms with van der Waals surface area (Å²) >= 11 is 0. The van der Waals surface area contributed by atoms with Crippen LogP contribution in [0, 0.1) is 0 Å². The highest BCUT2D eigenvalue weighted by Gasteiger charge is 2.10. The summed E-state index contributed by atoms with van der Waals surface area (Å²) in [6, 6.07) is 7.17. The summed E-state index contributed by atoms with van der Waals surface area (Å²) in [6.07, 6.45) is 1.14. The molecule has 0 aliphatic rings. The number of ether oxygens (including phenoxy) is 4. The molecule has 1 atom stereocenters. The van der Waals surface area contributed by atoms with Crippen molar-refractivity contribution in [2.75, 3.05) is 33.0 Å². The molecule has 1 amide bonds. The Bertz CT molecular complexity index is 819. The normalized spacial score (nSPS) is 11.1. The minimum atomic E-state index is -0.977. The van der Waals surface area contributed by atoms with E-state index in [2.05, 4.69) is 18.5 Å². The van der Waals surface area contributed by atoms with E-state index in [0.717, 1.165) is 12.0 Å². The molecule has 0 saturated heterocycles. The Morgan fingerprint density at radius 2 is 1.50 bits per heavy atom. The molecule has 0 spiro atoms. The number of hydrogen-bond acceptors (Lipinski definition) is 8. The van der Waals surface area contributed by atoms with Gasteiger partial charge in [0, 0.05) is 24.1 Å². The van der Waals surface area contributed by atoms with Gasteiger partial charge in [0.1, 0.15) is 25.1 Å². The number of rotatable bonds is 16. The molecule has 0 heterocycles. The zero-order valence-electron chi connectivity index (χ0n) is 20.0. The molecule has 34 heavy (non-hydrogen) atoms. The number of amides is 1. The minimum Gasteiger partial charge on any atom is -0.491 e. The molecule has 1 unspecified atom stereocenters. The Morgan fingerprint density at radius 3 is 2.12 bits per heavy atom. The van der Waals surface area contributed by atoms with Gasteiger partial charge in [0.05, 0.1) is 13.2 Å². The first-order chi connectivity index (χ1) is 16.2. The second-order valence-electron chi connectivity index (χ2n) is 7.78. The van der Waals surface area contributed by atoms with E-state index in [-0.39, 0.29) is 19.8 Å². The van der Waals surface area contributed by atoms with Gasteiger partial charge in [-0.1, -0.05) is 25.3 Å². The van der Waals surface area contributed by atoms with Crippen LogP contribution in [-0.4, -0.2) is 62.2 Å². The van der Waals surface area contributed by atoms with Crippen LogP contribution in [0.4, 0.5) is 4.79 Å². The van der Waals surface area contributed by atoms with Gasteiger partial charge in [-0.15, -0.1) is 0 Å². The van der Waals surface area contributed by atoms with Gasteiger partial charge in [-0.25, -0.2) is 14.4 Å². The maximum Gasteiger partial charge on any atom is 0.407 e. The van der Waals surface area contributed by atoms with Crippen LogP contribution in [0.1, 0.15) is 38.7 Å². The average molecular weight is 478 g/mol. The lowest BCUT2D eigenvalue weighted by atomic mass is 10.1. The Morgan fingerprint density at radius 1 is 0.882 bits per heavy atom. The molecular formula is C25H35NO8. The van der Waals surface area contributed by atoms with Crippen molar-refractivity contribution in [3.8, 4) is 5.75 Å². The fourth-order valence-electron chi connectivity index (χ4n) is 2.48. The second-order valence-corrected chi connectivity index (χ2v) is 7.78. The first kappa shape index (κ1) is 28.7. The van der Waals surface area contributed by atoms with Crippen molar-refractivity contribution in [2.24, 2.45) is 0 Å². The maximum atomic E-state index is 11.7. The van der Waals surface area contributed by atoms with Crippen molar-refractivity contribution in [3.05, 3.63) is 54.1 Å². The highest BCUT2D eigenvalue weighted by Crippen LogP contribution is 2.13. The molecule has 0 aliphatic carbocycles. The fraction of sp³-hybridized carbons (Fsp3) is 0.480. The molecule has 0 fully saturated rings. The van der Waals surface area contributed by atoms with Gasteiger partial charge < -0.3 is 29.4 Å². The van der Waals surface area contributed by atoms with Crippen LogP contribution >= 0.6 is 0 Å². The van der Waals surface area contributed by atoms with Crippen molar-refractivity contribution >= 4 is 18.0 Å². The SMILES string of the molecule is C=C(C)C(=O)OCCCCCNC(=O)OCC(O)COc1ccc(CCOC(=O)C(=C)C)cc1. The van der Waals surface area contributed by atoms with Gasteiger partial charge in [-0.2, -0.15) is 0 Å². The predicted octanol–water partition coefficient (Wildman–Crippen LogP) is 3.10. The van der Waals surface area contributed by atoms with Crippen molar-refractivity contribution in [2.45, 2.75) is 45.6 Å². The van der Waals surface area contributed by atoms with Crippen LogP contribution in [0.25, 0.3) is 0 Å². The maximum absolute atomic E-state index is 11.7. The van der Waals surface area contributed by atoms with Gasteiger partial charge in [-0.3, -0.25) is 0 Å². The standard InChI is InChI=1S/C25H35NO8/c1-18(2)23(28)31-14-7-5-6-13-26-25(30)34-17-21(27)16-33-22-10-8-20(9-11-22)12-15-32-24(29)19(3)4/h8-11,21,27H,1,3,5-7,12-17H2,2,4H3,(H,26,30). The summed E-state index contributed by atoms with van der Waals surface area (Å²) in [5.41, 5.74) is 1.69. The van der Waals surface area contributed by atoms with Gasteiger partial charge >= 0.3 is 18.0 Å². The van der Waals surface area contributed by atoms with Crippen molar-refractivity contribution in [1.29, 1.82) is 0 Å². The molecule has 0 saturated carbocycles. The van der Waals surface area contributed by atoms with Gasteiger partial charge in [0.25, 0.3) is 0 Å². The van der Waals surface area contributed by atoms with E-state index in [9.17, 15) is 19.5 Å². The summed E-state index contributed by atoms with van der Waals surface area (Å²) < 4.78 is 20.5. The largest absolute Gasteiger partial charge is 0.491 e. The molecule has 9 heteroatoms. The zero-order valence-corrected chi connectivity index (χ0v) is 20.0. The van der Waals surface area contributed by atoms with Crippen molar-refractivity contribution in [3.63, 3.8) is 0 Å². The predicted molar refractivity (Wildman–Crippen MR) is 126 cm³/mol. The Balaban J connectivity index is 2.11. The number of hydrogen-bond donors (Lipinski definition) is 2. The molecule has 0 aliphatic heterocycles. The highest BCUT2D eigenvalue weighted by atomic mass is 16.6. The number of aliphatic hydroxyl groups excluding tert-OH is 1. The van der Waals surface area contributed by atoms with E-state index in [1.807, 2.05) is 12.1 Å². The Kier molecular flexibility index (Phi) is 13.8. The summed E-state index contributed by atoms with van der Waals surface area (Å²) in [6.45, 7) is 11.0. The molecule has 9 nitrogen and oxygen atoms in total. The molecule has 0 bridgehead atoms. The Labute approximate surface area is 200 Å². The molecule has 2 N–H and O–H groups in total. The summed E-state index contributed by atoms with van der Waals surface area (Å²) in [7, 11) is 0. The molecular weight excluding hydrogens is 442 g/mol. The van der Waals surface area contributed by atoms with Crippen LogP contribution in [0.2, 0.25) is 0 Å².